The minimum Gasteiger partial charge on any atom is -0.352 e. The third-order valence-corrected chi connectivity index (χ3v) is 7.32. The highest BCUT2D eigenvalue weighted by Gasteiger charge is 2.40. The fourth-order valence-electron chi connectivity index (χ4n) is 4.05. The smallest absolute Gasteiger partial charge is 0.237 e. The predicted octanol–water partition coefficient (Wildman–Crippen LogP) is 2.00. The second kappa shape index (κ2) is 6.01. The molecule has 1 saturated carbocycles. The number of carbonyl (C=O) groups excluding carboxylic acids is 1. The summed E-state index contributed by atoms with van der Waals surface area (Å²) in [7, 11) is -3.40. The molecular weight excluding hydrogens is 324 g/mol. The largest absolute Gasteiger partial charge is 0.352 e. The first-order valence-corrected chi connectivity index (χ1v) is 10.2. The van der Waals surface area contributed by atoms with E-state index >= 15 is 0 Å². The molecule has 24 heavy (non-hydrogen) atoms. The van der Waals surface area contributed by atoms with Gasteiger partial charge in [-0.15, -0.1) is 0 Å². The fourth-order valence-corrected chi connectivity index (χ4v) is 5.84. The SMILES string of the molecule is O=C(NC1CCCCC1)C1CC2=C(CN1)S(=O)(=O)c1ccccc12. The monoisotopic (exact) mass is 346 g/mol. The Morgan fingerprint density at radius 1 is 1.12 bits per heavy atom. The third kappa shape index (κ3) is 2.58. The molecule has 5 nitrogen and oxygen atoms in total. The van der Waals surface area contributed by atoms with Gasteiger partial charge in [0.15, 0.2) is 0 Å². The molecule has 2 N–H and O–H groups in total. The predicted molar refractivity (Wildman–Crippen MR) is 92.0 cm³/mol. The lowest BCUT2D eigenvalue weighted by molar-refractivity contribution is -0.124. The summed E-state index contributed by atoms with van der Waals surface area (Å²) in [6, 6.07) is 7.01. The van der Waals surface area contributed by atoms with E-state index in [9.17, 15) is 13.2 Å². The molecule has 1 unspecified atom stereocenters. The number of hydrogen-bond donors (Lipinski definition) is 2. The Labute approximate surface area is 142 Å². The summed E-state index contributed by atoms with van der Waals surface area (Å²) >= 11 is 0. The summed E-state index contributed by atoms with van der Waals surface area (Å²) in [5, 5.41) is 6.26. The number of fused-ring (bicyclic) bond motifs is 2. The van der Waals surface area contributed by atoms with E-state index in [2.05, 4.69) is 10.6 Å². The molecule has 1 fully saturated rings. The molecule has 1 amide bonds. The van der Waals surface area contributed by atoms with Crippen LogP contribution in [-0.2, 0) is 14.6 Å². The molecule has 2 aliphatic heterocycles. The minimum absolute atomic E-state index is 0.00442. The van der Waals surface area contributed by atoms with E-state index in [1.54, 1.807) is 12.1 Å². The lowest BCUT2D eigenvalue weighted by Gasteiger charge is -2.28. The highest BCUT2D eigenvalue weighted by atomic mass is 32.2. The van der Waals surface area contributed by atoms with Crippen LogP contribution in [-0.4, -0.2) is 33.0 Å². The third-order valence-electron chi connectivity index (χ3n) is 5.35. The van der Waals surface area contributed by atoms with Gasteiger partial charge in [-0.25, -0.2) is 8.42 Å². The fraction of sp³-hybridized carbons (Fsp3) is 0.500. The van der Waals surface area contributed by atoms with Crippen LogP contribution >= 0.6 is 0 Å². The Bertz CT molecular complexity index is 807. The van der Waals surface area contributed by atoms with Gasteiger partial charge in [0, 0.05) is 12.6 Å². The van der Waals surface area contributed by atoms with Crippen LogP contribution in [0.1, 0.15) is 44.1 Å². The lowest BCUT2D eigenvalue weighted by atomic mass is 9.93. The molecule has 128 valence electrons. The van der Waals surface area contributed by atoms with Crippen molar-refractivity contribution >= 4 is 21.3 Å². The van der Waals surface area contributed by atoms with Crippen LogP contribution in [0.25, 0.3) is 5.57 Å². The van der Waals surface area contributed by atoms with E-state index in [1.807, 2.05) is 12.1 Å². The van der Waals surface area contributed by atoms with Gasteiger partial charge in [-0.2, -0.15) is 0 Å². The van der Waals surface area contributed by atoms with Gasteiger partial charge in [0.1, 0.15) is 0 Å². The van der Waals surface area contributed by atoms with Crippen molar-refractivity contribution in [3.05, 3.63) is 34.7 Å². The normalized spacial score (nSPS) is 25.9. The highest BCUT2D eigenvalue weighted by Crippen LogP contribution is 2.42. The maximum absolute atomic E-state index is 12.6. The summed E-state index contributed by atoms with van der Waals surface area (Å²) in [6.45, 7) is 0.231. The van der Waals surface area contributed by atoms with Crippen molar-refractivity contribution in [1.82, 2.24) is 10.6 Å². The van der Waals surface area contributed by atoms with Gasteiger partial charge < -0.3 is 10.6 Å². The first-order valence-electron chi connectivity index (χ1n) is 8.67. The number of rotatable bonds is 2. The minimum atomic E-state index is -3.40. The molecule has 0 spiro atoms. The second-order valence-corrected chi connectivity index (χ2v) is 8.82. The van der Waals surface area contributed by atoms with E-state index in [-0.39, 0.29) is 24.5 Å². The molecule has 1 atom stereocenters. The zero-order valence-corrected chi connectivity index (χ0v) is 14.4. The Morgan fingerprint density at radius 2 is 1.88 bits per heavy atom. The van der Waals surface area contributed by atoms with Crippen molar-refractivity contribution in [2.75, 3.05) is 6.54 Å². The zero-order valence-electron chi connectivity index (χ0n) is 13.5. The van der Waals surface area contributed by atoms with Crippen LogP contribution in [0.4, 0.5) is 0 Å². The summed E-state index contributed by atoms with van der Waals surface area (Å²) < 4.78 is 25.2. The summed E-state index contributed by atoms with van der Waals surface area (Å²) in [5.74, 6) is -0.00442. The molecular formula is C18H22N2O3S. The topological polar surface area (TPSA) is 75.3 Å². The number of amides is 1. The van der Waals surface area contributed by atoms with Crippen LogP contribution in [0.3, 0.4) is 0 Å². The Balaban J connectivity index is 1.54. The zero-order chi connectivity index (χ0) is 16.7. The van der Waals surface area contributed by atoms with Crippen molar-refractivity contribution in [3.8, 4) is 0 Å². The Morgan fingerprint density at radius 3 is 2.67 bits per heavy atom. The lowest BCUT2D eigenvalue weighted by Crippen LogP contribution is -2.50. The van der Waals surface area contributed by atoms with Crippen LogP contribution in [0.15, 0.2) is 34.1 Å². The van der Waals surface area contributed by atoms with Gasteiger partial charge in [-0.1, -0.05) is 37.5 Å². The van der Waals surface area contributed by atoms with Crippen molar-refractivity contribution in [3.63, 3.8) is 0 Å². The molecule has 6 heteroatoms. The number of sulfone groups is 1. The first kappa shape index (κ1) is 15.8. The molecule has 0 aromatic heterocycles. The number of benzene rings is 1. The van der Waals surface area contributed by atoms with Gasteiger partial charge in [0.2, 0.25) is 15.7 Å². The van der Waals surface area contributed by atoms with E-state index in [1.165, 1.54) is 19.3 Å². The highest BCUT2D eigenvalue weighted by molar-refractivity contribution is 7.96. The molecule has 4 rings (SSSR count). The van der Waals surface area contributed by atoms with Crippen LogP contribution < -0.4 is 10.6 Å². The summed E-state index contributed by atoms with van der Waals surface area (Å²) in [6.07, 6.45) is 6.12. The average molecular weight is 346 g/mol. The number of carbonyl (C=O) groups is 1. The average Bonchev–Trinajstić information content (AvgIpc) is 2.84. The van der Waals surface area contributed by atoms with E-state index in [0.29, 0.717) is 16.2 Å². The quantitative estimate of drug-likeness (QED) is 0.859. The maximum atomic E-state index is 12.6. The number of nitrogens with one attached hydrogen (secondary N) is 2. The summed E-state index contributed by atoms with van der Waals surface area (Å²) in [4.78, 5) is 13.4. The first-order chi connectivity index (χ1) is 11.6. The second-order valence-electron chi connectivity index (χ2n) is 6.88. The Kier molecular flexibility index (Phi) is 3.96. The van der Waals surface area contributed by atoms with Crippen LogP contribution in [0.2, 0.25) is 0 Å². The Hall–Kier alpha value is -1.66. The molecule has 2 heterocycles. The van der Waals surface area contributed by atoms with E-state index in [0.717, 1.165) is 24.0 Å². The van der Waals surface area contributed by atoms with E-state index < -0.39 is 9.84 Å². The van der Waals surface area contributed by atoms with Gasteiger partial charge in [-0.05, 0) is 36.5 Å². The molecule has 0 radical (unpaired) electrons. The van der Waals surface area contributed by atoms with Crippen molar-refractivity contribution in [2.24, 2.45) is 0 Å². The van der Waals surface area contributed by atoms with Gasteiger partial charge in [0.25, 0.3) is 0 Å². The molecule has 0 saturated heterocycles. The molecule has 1 aliphatic carbocycles. The van der Waals surface area contributed by atoms with Crippen molar-refractivity contribution in [1.29, 1.82) is 0 Å². The standard InChI is InChI=1S/C18H22N2O3S/c21-18(20-12-6-2-1-3-7-12)15-10-14-13-8-4-5-9-16(13)24(22,23)17(14)11-19-15/h4-5,8-9,12,15,19H,1-3,6-7,10-11H2,(H,20,21). The van der Waals surface area contributed by atoms with Crippen LogP contribution in [0.5, 0.6) is 0 Å². The van der Waals surface area contributed by atoms with Crippen LogP contribution in [0, 0.1) is 0 Å². The molecule has 3 aliphatic rings. The van der Waals surface area contributed by atoms with Gasteiger partial charge in [-0.3, -0.25) is 4.79 Å². The molecule has 0 bridgehead atoms. The van der Waals surface area contributed by atoms with Gasteiger partial charge in [0.05, 0.1) is 15.8 Å². The number of hydrogen-bond acceptors (Lipinski definition) is 4. The molecule has 1 aromatic carbocycles. The van der Waals surface area contributed by atoms with Gasteiger partial charge >= 0.3 is 0 Å². The maximum Gasteiger partial charge on any atom is 0.237 e. The van der Waals surface area contributed by atoms with Crippen molar-refractivity contribution in [2.45, 2.75) is 55.5 Å². The molecule has 1 aromatic rings. The summed E-state index contributed by atoms with van der Waals surface area (Å²) in [5.41, 5.74) is 1.58. The van der Waals surface area contributed by atoms with Crippen molar-refractivity contribution < 1.29 is 13.2 Å². The van der Waals surface area contributed by atoms with E-state index in [4.69, 9.17) is 0 Å².